The molecule has 0 aromatic carbocycles. The zero-order chi connectivity index (χ0) is 14.1. The summed E-state index contributed by atoms with van der Waals surface area (Å²) in [4.78, 5) is 12.6. The van der Waals surface area contributed by atoms with E-state index in [9.17, 15) is 0 Å². The van der Waals surface area contributed by atoms with Gasteiger partial charge in [0.2, 0.25) is 11.8 Å². The largest absolute Gasteiger partial charge is 0.479 e. The number of methoxy groups -OCH3 is 1. The normalized spacial score (nSPS) is 12.7. The number of hydrogen-bond donors (Lipinski definition) is 1. The van der Waals surface area contributed by atoms with E-state index in [1.165, 1.54) is 6.33 Å². The summed E-state index contributed by atoms with van der Waals surface area (Å²) in [6.07, 6.45) is 5.09. The van der Waals surface area contributed by atoms with E-state index in [1.807, 2.05) is 28.4 Å². The van der Waals surface area contributed by atoms with Crippen LogP contribution in [-0.2, 0) is 6.54 Å². The Balaban J connectivity index is 2.04. The van der Waals surface area contributed by atoms with E-state index in [-0.39, 0.29) is 6.04 Å². The van der Waals surface area contributed by atoms with Crippen molar-refractivity contribution in [3.63, 3.8) is 0 Å². The summed E-state index contributed by atoms with van der Waals surface area (Å²) >= 11 is 0. The third kappa shape index (κ3) is 1.94. The number of ether oxygens (including phenoxy) is 1. The zero-order valence-corrected chi connectivity index (χ0v) is 11.3. The van der Waals surface area contributed by atoms with Crippen LogP contribution in [0.3, 0.4) is 0 Å². The number of rotatable bonds is 4. The van der Waals surface area contributed by atoms with E-state index in [0.717, 1.165) is 0 Å². The van der Waals surface area contributed by atoms with Crippen molar-refractivity contribution in [2.75, 3.05) is 12.8 Å². The average molecular weight is 273 g/mol. The van der Waals surface area contributed by atoms with Gasteiger partial charge in [-0.05, 0) is 13.0 Å². The van der Waals surface area contributed by atoms with Crippen molar-refractivity contribution < 1.29 is 4.74 Å². The van der Waals surface area contributed by atoms with Crippen LogP contribution in [-0.4, -0.2) is 36.4 Å². The molecule has 20 heavy (non-hydrogen) atoms. The number of anilines is 1. The van der Waals surface area contributed by atoms with Gasteiger partial charge in [-0.25, -0.2) is 9.97 Å². The molecule has 8 nitrogen and oxygen atoms in total. The lowest BCUT2D eigenvalue weighted by molar-refractivity contribution is 0.401. The van der Waals surface area contributed by atoms with Crippen LogP contribution in [0, 0.1) is 0 Å². The lowest BCUT2D eigenvalue weighted by Crippen LogP contribution is -2.15. The van der Waals surface area contributed by atoms with Gasteiger partial charge in [0.1, 0.15) is 6.33 Å². The molecule has 0 aliphatic carbocycles. The van der Waals surface area contributed by atoms with Crippen LogP contribution in [0.15, 0.2) is 24.8 Å². The first-order valence-corrected chi connectivity index (χ1v) is 6.20. The highest BCUT2D eigenvalue weighted by molar-refractivity contribution is 5.79. The van der Waals surface area contributed by atoms with E-state index in [2.05, 4.69) is 20.1 Å². The Bertz CT molecular complexity index is 719. The Morgan fingerprint density at radius 2 is 2.25 bits per heavy atom. The molecule has 3 heterocycles. The highest BCUT2D eigenvalue weighted by Gasteiger charge is 2.18. The summed E-state index contributed by atoms with van der Waals surface area (Å²) in [5.74, 6) is 0.810. The van der Waals surface area contributed by atoms with Gasteiger partial charge in [0.05, 0.1) is 19.7 Å². The van der Waals surface area contributed by atoms with Gasteiger partial charge < -0.3 is 10.5 Å². The Morgan fingerprint density at radius 3 is 2.95 bits per heavy atom. The van der Waals surface area contributed by atoms with E-state index in [0.29, 0.717) is 29.5 Å². The molecule has 3 aromatic heterocycles. The van der Waals surface area contributed by atoms with Crippen molar-refractivity contribution in [1.29, 1.82) is 0 Å². The molecule has 3 aromatic rings. The Kier molecular flexibility index (Phi) is 2.97. The number of nitrogens with two attached hydrogens (primary N) is 1. The lowest BCUT2D eigenvalue weighted by atomic mass is 10.3. The molecular formula is C12H15N7O. The van der Waals surface area contributed by atoms with Crippen LogP contribution in [0.4, 0.5) is 5.95 Å². The van der Waals surface area contributed by atoms with Gasteiger partial charge >= 0.3 is 0 Å². The number of aromatic nitrogens is 6. The smallest absolute Gasteiger partial charge is 0.245 e. The van der Waals surface area contributed by atoms with Crippen molar-refractivity contribution in [3.05, 3.63) is 24.8 Å². The first-order chi connectivity index (χ1) is 9.70. The minimum atomic E-state index is 0.0551. The van der Waals surface area contributed by atoms with Crippen molar-refractivity contribution in [2.24, 2.45) is 0 Å². The van der Waals surface area contributed by atoms with Gasteiger partial charge in [-0.1, -0.05) is 0 Å². The number of nitrogens with zero attached hydrogens (tertiary/aromatic N) is 6. The molecule has 2 N–H and O–H groups in total. The molecule has 0 saturated carbocycles. The molecule has 0 aliphatic rings. The molecule has 104 valence electrons. The summed E-state index contributed by atoms with van der Waals surface area (Å²) in [6.45, 7) is 2.71. The maximum atomic E-state index is 6.01. The Hall–Kier alpha value is -2.64. The SMILES string of the molecule is COc1ncnc2c1nc(N)n2C(C)Cn1cccn1. The van der Waals surface area contributed by atoms with E-state index < -0.39 is 0 Å². The number of imidazole rings is 1. The first-order valence-electron chi connectivity index (χ1n) is 6.20. The highest BCUT2D eigenvalue weighted by Crippen LogP contribution is 2.26. The van der Waals surface area contributed by atoms with Gasteiger partial charge in [-0.15, -0.1) is 0 Å². The molecule has 1 unspecified atom stereocenters. The van der Waals surface area contributed by atoms with Crippen LogP contribution < -0.4 is 10.5 Å². The molecule has 1 atom stereocenters. The first kappa shape index (κ1) is 12.4. The van der Waals surface area contributed by atoms with Gasteiger partial charge in [0, 0.05) is 12.4 Å². The Labute approximate surface area is 115 Å². The predicted molar refractivity (Wildman–Crippen MR) is 73.2 cm³/mol. The van der Waals surface area contributed by atoms with Crippen molar-refractivity contribution in [3.8, 4) is 5.88 Å². The van der Waals surface area contributed by atoms with Crippen LogP contribution in [0.5, 0.6) is 5.88 Å². The fraction of sp³-hybridized carbons (Fsp3) is 0.333. The molecule has 0 amide bonds. The van der Waals surface area contributed by atoms with Crippen LogP contribution in [0.25, 0.3) is 11.2 Å². The van der Waals surface area contributed by atoms with Gasteiger partial charge in [-0.3, -0.25) is 9.25 Å². The van der Waals surface area contributed by atoms with Crippen LogP contribution >= 0.6 is 0 Å². The van der Waals surface area contributed by atoms with Gasteiger partial charge in [0.25, 0.3) is 0 Å². The minimum Gasteiger partial charge on any atom is -0.479 e. The summed E-state index contributed by atoms with van der Waals surface area (Å²) in [5.41, 5.74) is 7.24. The van der Waals surface area contributed by atoms with E-state index >= 15 is 0 Å². The monoisotopic (exact) mass is 273 g/mol. The van der Waals surface area contributed by atoms with Crippen molar-refractivity contribution in [1.82, 2.24) is 29.3 Å². The number of fused-ring (bicyclic) bond motifs is 1. The third-order valence-corrected chi connectivity index (χ3v) is 3.12. The topological polar surface area (TPSA) is 96.7 Å². The van der Waals surface area contributed by atoms with Gasteiger partial charge in [-0.2, -0.15) is 10.1 Å². The molecule has 0 fully saturated rings. The second-order valence-corrected chi connectivity index (χ2v) is 4.47. The second kappa shape index (κ2) is 4.80. The molecule has 0 saturated heterocycles. The van der Waals surface area contributed by atoms with Crippen molar-refractivity contribution >= 4 is 17.1 Å². The summed E-state index contributed by atoms with van der Waals surface area (Å²) < 4.78 is 8.89. The fourth-order valence-electron chi connectivity index (χ4n) is 2.25. The summed E-state index contributed by atoms with van der Waals surface area (Å²) in [6, 6.07) is 1.94. The number of hydrogen-bond acceptors (Lipinski definition) is 6. The highest BCUT2D eigenvalue weighted by atomic mass is 16.5. The maximum Gasteiger partial charge on any atom is 0.245 e. The second-order valence-electron chi connectivity index (χ2n) is 4.47. The van der Waals surface area contributed by atoms with Crippen molar-refractivity contribution in [2.45, 2.75) is 19.5 Å². The molecular weight excluding hydrogens is 258 g/mol. The lowest BCUT2D eigenvalue weighted by Gasteiger charge is -2.15. The molecule has 8 heteroatoms. The van der Waals surface area contributed by atoms with E-state index in [4.69, 9.17) is 10.5 Å². The van der Waals surface area contributed by atoms with Gasteiger partial charge in [0.15, 0.2) is 11.2 Å². The minimum absolute atomic E-state index is 0.0551. The average Bonchev–Trinajstić information content (AvgIpc) is 3.04. The van der Waals surface area contributed by atoms with E-state index in [1.54, 1.807) is 13.3 Å². The molecule has 3 rings (SSSR count). The van der Waals surface area contributed by atoms with Crippen LogP contribution in [0.1, 0.15) is 13.0 Å². The Morgan fingerprint density at radius 1 is 1.40 bits per heavy atom. The van der Waals surface area contributed by atoms with Crippen LogP contribution in [0.2, 0.25) is 0 Å². The molecule has 0 bridgehead atoms. The molecule has 0 spiro atoms. The molecule has 0 aliphatic heterocycles. The summed E-state index contributed by atoms with van der Waals surface area (Å²) in [5, 5.41) is 4.19. The zero-order valence-electron chi connectivity index (χ0n) is 11.3. The summed E-state index contributed by atoms with van der Waals surface area (Å²) in [7, 11) is 1.55. The third-order valence-electron chi connectivity index (χ3n) is 3.12. The quantitative estimate of drug-likeness (QED) is 0.757. The fourth-order valence-corrected chi connectivity index (χ4v) is 2.25. The number of nitrogen functional groups attached to an aromatic ring is 1. The molecule has 0 radical (unpaired) electrons. The maximum absolute atomic E-state index is 6.01. The predicted octanol–water partition coefficient (Wildman–Crippen LogP) is 0.875. The standard InChI is InChI=1S/C12H15N7O/c1-8(6-18-5-3-4-16-18)19-10-9(17-12(19)13)11(20-2)15-7-14-10/h3-5,7-8H,6H2,1-2H3,(H2,13,17).